The van der Waals surface area contributed by atoms with Crippen molar-refractivity contribution in [3.05, 3.63) is 35.7 Å². The van der Waals surface area contributed by atoms with E-state index in [4.69, 9.17) is 14.2 Å². The normalized spacial score (nSPS) is 11.6. The van der Waals surface area contributed by atoms with E-state index in [1.165, 1.54) is 11.7 Å². The number of rotatable bonds is 3. The Labute approximate surface area is 163 Å². The topological polar surface area (TPSA) is 79.7 Å². The van der Waals surface area contributed by atoms with Crippen LogP contribution in [-0.4, -0.2) is 41.4 Å². The molecule has 7 heteroatoms. The molecule has 0 fully saturated rings. The minimum atomic E-state index is -0.662. The first-order chi connectivity index (χ1) is 13.2. The maximum atomic E-state index is 13.1. The second kappa shape index (κ2) is 7.14. The van der Waals surface area contributed by atoms with Gasteiger partial charge >= 0.3 is 12.1 Å². The van der Waals surface area contributed by atoms with E-state index in [1.54, 1.807) is 19.2 Å². The molecule has 0 spiro atoms. The maximum absolute atomic E-state index is 13.1. The minimum Gasteiger partial charge on any atom is -0.497 e. The second-order valence-electron chi connectivity index (χ2n) is 7.39. The van der Waals surface area contributed by atoms with Crippen molar-refractivity contribution in [3.63, 3.8) is 0 Å². The van der Waals surface area contributed by atoms with Gasteiger partial charge in [-0.05, 0) is 45.4 Å². The van der Waals surface area contributed by atoms with Crippen LogP contribution in [0.4, 0.5) is 4.79 Å². The van der Waals surface area contributed by atoms with Crippen molar-refractivity contribution >= 4 is 33.9 Å². The number of fused-ring (bicyclic) bond motifs is 3. The Morgan fingerprint density at radius 2 is 1.82 bits per heavy atom. The molecule has 0 atom stereocenters. The number of ether oxygens (including phenoxy) is 3. The predicted octanol–water partition coefficient (Wildman–Crippen LogP) is 4.33. The van der Waals surface area contributed by atoms with Crippen molar-refractivity contribution in [1.29, 1.82) is 0 Å². The number of pyridine rings is 1. The Morgan fingerprint density at radius 3 is 2.39 bits per heavy atom. The third-order valence-electron chi connectivity index (χ3n) is 4.33. The first-order valence-electron chi connectivity index (χ1n) is 9.04. The Kier molecular flexibility index (Phi) is 5.02. The first-order valence-corrected chi connectivity index (χ1v) is 9.04. The van der Waals surface area contributed by atoms with E-state index in [0.717, 1.165) is 10.8 Å². The summed E-state index contributed by atoms with van der Waals surface area (Å²) in [4.78, 5) is 29.6. The van der Waals surface area contributed by atoms with Gasteiger partial charge in [-0.1, -0.05) is 6.92 Å². The van der Waals surface area contributed by atoms with Crippen LogP contribution in [-0.2, 0) is 15.9 Å². The predicted molar refractivity (Wildman–Crippen MR) is 106 cm³/mol. The largest absolute Gasteiger partial charge is 0.497 e. The smallest absolute Gasteiger partial charge is 0.419 e. The van der Waals surface area contributed by atoms with E-state index in [9.17, 15) is 9.59 Å². The minimum absolute atomic E-state index is 0.200. The Balaban J connectivity index is 2.43. The fraction of sp³-hybridized carbons (Fsp3) is 0.381. The summed E-state index contributed by atoms with van der Waals surface area (Å²) >= 11 is 0. The molecule has 7 nitrogen and oxygen atoms in total. The number of methoxy groups -OCH3 is 2. The van der Waals surface area contributed by atoms with Crippen molar-refractivity contribution in [2.24, 2.45) is 0 Å². The summed E-state index contributed by atoms with van der Waals surface area (Å²) in [6.07, 6.45) is 0.0143. The van der Waals surface area contributed by atoms with Gasteiger partial charge < -0.3 is 14.2 Å². The average Bonchev–Trinajstić information content (AvgIpc) is 2.98. The molecule has 0 aliphatic rings. The molecule has 1 aromatic carbocycles. The van der Waals surface area contributed by atoms with E-state index in [1.807, 2.05) is 39.8 Å². The van der Waals surface area contributed by atoms with Gasteiger partial charge in [-0.15, -0.1) is 0 Å². The SMILES string of the molecule is CCc1nc(C(=O)OC)cc2c3ccc(OC)cc3n(C(=O)OC(C)(C)C)c12. The lowest BCUT2D eigenvalue weighted by molar-refractivity contribution is 0.0550. The molecule has 0 bridgehead atoms. The molecule has 0 N–H and O–H groups in total. The molecule has 2 heterocycles. The zero-order valence-electron chi connectivity index (χ0n) is 17.0. The third-order valence-corrected chi connectivity index (χ3v) is 4.33. The summed E-state index contributed by atoms with van der Waals surface area (Å²) in [6.45, 7) is 7.36. The van der Waals surface area contributed by atoms with Crippen LogP contribution in [0.5, 0.6) is 5.75 Å². The maximum Gasteiger partial charge on any atom is 0.419 e. The van der Waals surface area contributed by atoms with Crippen molar-refractivity contribution < 1.29 is 23.8 Å². The van der Waals surface area contributed by atoms with Crippen LogP contribution in [0.25, 0.3) is 21.8 Å². The molecule has 2 aromatic heterocycles. The number of esters is 1. The number of aryl methyl sites for hydroxylation is 1. The van der Waals surface area contributed by atoms with Gasteiger partial charge in [0, 0.05) is 16.8 Å². The molecule has 0 radical (unpaired) electrons. The van der Waals surface area contributed by atoms with E-state index < -0.39 is 17.7 Å². The van der Waals surface area contributed by atoms with E-state index >= 15 is 0 Å². The molecule has 3 aromatic rings. The van der Waals surface area contributed by atoms with Crippen LogP contribution in [0.3, 0.4) is 0 Å². The lowest BCUT2D eigenvalue weighted by Gasteiger charge is -2.20. The molecular formula is C21H24N2O5. The van der Waals surface area contributed by atoms with Gasteiger partial charge in [-0.2, -0.15) is 0 Å². The Bertz CT molecular complexity index is 1080. The quantitative estimate of drug-likeness (QED) is 0.625. The molecule has 0 saturated heterocycles. The highest BCUT2D eigenvalue weighted by Crippen LogP contribution is 2.34. The van der Waals surface area contributed by atoms with Crippen molar-refractivity contribution in [3.8, 4) is 5.75 Å². The van der Waals surface area contributed by atoms with E-state index in [0.29, 0.717) is 28.9 Å². The molecule has 0 aliphatic heterocycles. The molecule has 3 rings (SSSR count). The monoisotopic (exact) mass is 384 g/mol. The highest BCUT2D eigenvalue weighted by molar-refractivity contribution is 6.14. The molecule has 148 valence electrons. The standard InChI is InChI=1S/C21H24N2O5/c1-7-15-18-14(11-16(22-15)19(24)27-6)13-9-8-12(26-5)10-17(13)23(18)20(25)28-21(2,3)4/h8-11H,7H2,1-6H3. The first kappa shape index (κ1) is 19.7. The number of benzene rings is 1. The lowest BCUT2D eigenvalue weighted by atomic mass is 10.1. The molecule has 0 saturated carbocycles. The second-order valence-corrected chi connectivity index (χ2v) is 7.39. The summed E-state index contributed by atoms with van der Waals surface area (Å²) in [5, 5.41) is 1.53. The highest BCUT2D eigenvalue weighted by atomic mass is 16.6. The number of hydrogen-bond donors (Lipinski definition) is 0. The van der Waals surface area contributed by atoms with Gasteiger partial charge in [0.1, 0.15) is 17.0 Å². The number of hydrogen-bond acceptors (Lipinski definition) is 6. The van der Waals surface area contributed by atoms with Crippen molar-refractivity contribution in [2.45, 2.75) is 39.7 Å². The van der Waals surface area contributed by atoms with Crippen LogP contribution >= 0.6 is 0 Å². The molecule has 28 heavy (non-hydrogen) atoms. The number of aromatic nitrogens is 2. The Morgan fingerprint density at radius 1 is 1.11 bits per heavy atom. The molecule has 0 aliphatic carbocycles. The van der Waals surface area contributed by atoms with Crippen molar-refractivity contribution in [2.75, 3.05) is 14.2 Å². The van der Waals surface area contributed by atoms with Crippen molar-refractivity contribution in [1.82, 2.24) is 9.55 Å². The molecule has 0 amide bonds. The average molecular weight is 384 g/mol. The highest BCUT2D eigenvalue weighted by Gasteiger charge is 2.26. The zero-order chi connectivity index (χ0) is 20.6. The van der Waals surface area contributed by atoms with Crippen LogP contribution in [0.1, 0.15) is 43.9 Å². The van der Waals surface area contributed by atoms with Crippen LogP contribution in [0.15, 0.2) is 24.3 Å². The zero-order valence-corrected chi connectivity index (χ0v) is 17.0. The summed E-state index contributed by atoms with van der Waals surface area (Å²) in [5.74, 6) is 0.0857. The molecular weight excluding hydrogens is 360 g/mol. The third kappa shape index (κ3) is 3.40. The Hall–Kier alpha value is -3.09. The lowest BCUT2D eigenvalue weighted by Crippen LogP contribution is -2.27. The van der Waals surface area contributed by atoms with E-state index in [-0.39, 0.29) is 5.69 Å². The van der Waals surface area contributed by atoms with Gasteiger partial charge in [-0.25, -0.2) is 19.1 Å². The van der Waals surface area contributed by atoms with Gasteiger partial charge in [0.25, 0.3) is 0 Å². The van der Waals surface area contributed by atoms with Crippen LogP contribution in [0.2, 0.25) is 0 Å². The summed E-state index contributed by atoms with van der Waals surface area (Å²) in [5.41, 5.74) is 1.39. The fourth-order valence-electron chi connectivity index (χ4n) is 3.17. The van der Waals surface area contributed by atoms with Gasteiger partial charge in [0.2, 0.25) is 0 Å². The van der Waals surface area contributed by atoms with Gasteiger partial charge in [0.15, 0.2) is 0 Å². The van der Waals surface area contributed by atoms with Gasteiger partial charge in [0.05, 0.1) is 30.9 Å². The fourth-order valence-corrected chi connectivity index (χ4v) is 3.17. The van der Waals surface area contributed by atoms with Crippen LogP contribution in [0, 0.1) is 0 Å². The summed E-state index contributed by atoms with van der Waals surface area (Å²) in [6, 6.07) is 7.09. The summed E-state index contributed by atoms with van der Waals surface area (Å²) in [7, 11) is 2.88. The number of carbonyl (C=O) groups is 2. The number of nitrogens with zero attached hydrogens (tertiary/aromatic N) is 2. The summed E-state index contributed by atoms with van der Waals surface area (Å²) < 4.78 is 17.3. The van der Waals surface area contributed by atoms with E-state index in [2.05, 4.69) is 4.98 Å². The van der Waals surface area contributed by atoms with Gasteiger partial charge in [-0.3, -0.25) is 0 Å². The van der Waals surface area contributed by atoms with Crippen LogP contribution < -0.4 is 4.74 Å². The number of carbonyl (C=O) groups excluding carboxylic acids is 2. The molecule has 0 unspecified atom stereocenters.